The molecule has 2 N–H and O–H groups in total. The third-order valence-corrected chi connectivity index (χ3v) is 8.02. The molecule has 32 heavy (non-hydrogen) atoms. The summed E-state index contributed by atoms with van der Waals surface area (Å²) in [5.41, 5.74) is 3.98. The number of amides is 1. The number of benzene rings is 2. The molecule has 1 atom stereocenters. The first-order valence-electron chi connectivity index (χ1n) is 10.4. The lowest BCUT2D eigenvalue weighted by molar-refractivity contribution is 0.102. The van der Waals surface area contributed by atoms with Crippen LogP contribution < -0.4 is 14.9 Å². The van der Waals surface area contributed by atoms with E-state index in [0.717, 1.165) is 29.9 Å². The maximum Gasteiger partial charge on any atom is 0.269 e. The van der Waals surface area contributed by atoms with E-state index < -0.39 is 10.0 Å². The summed E-state index contributed by atoms with van der Waals surface area (Å²) in [5, 5.41) is 10.3. The topological polar surface area (TPSA) is 104 Å². The van der Waals surface area contributed by atoms with Crippen molar-refractivity contribution >= 4 is 38.1 Å². The third kappa shape index (κ3) is 4.98. The van der Waals surface area contributed by atoms with Gasteiger partial charge >= 0.3 is 0 Å². The van der Waals surface area contributed by atoms with Gasteiger partial charge in [0.2, 0.25) is 9.47 Å². The molecular weight excluding hydrogens is 446 g/mol. The van der Waals surface area contributed by atoms with Gasteiger partial charge in [-0.1, -0.05) is 47.2 Å². The smallest absolute Gasteiger partial charge is 0.269 e. The molecule has 0 aliphatic carbocycles. The van der Waals surface area contributed by atoms with E-state index in [1.165, 1.54) is 11.3 Å². The molecule has 1 aliphatic rings. The SMILES string of the molecule is Cc1cccc(C(=O)Nc2nnc(S(=O)(=O)NCCCN3c4ccccc4C[C@H]3C)s2)c1. The van der Waals surface area contributed by atoms with E-state index in [0.29, 0.717) is 18.0 Å². The van der Waals surface area contributed by atoms with Crippen molar-refractivity contribution in [3.63, 3.8) is 0 Å². The fraction of sp³-hybridized carbons (Fsp3) is 0.318. The van der Waals surface area contributed by atoms with Crippen LogP contribution in [-0.2, 0) is 16.4 Å². The third-order valence-electron chi connectivity index (χ3n) is 5.35. The maximum absolute atomic E-state index is 12.6. The molecular formula is C22H25N5O3S2. The number of anilines is 2. The van der Waals surface area contributed by atoms with Gasteiger partial charge in [-0.3, -0.25) is 10.1 Å². The summed E-state index contributed by atoms with van der Waals surface area (Å²) in [6.07, 6.45) is 1.66. The van der Waals surface area contributed by atoms with Crippen molar-refractivity contribution < 1.29 is 13.2 Å². The molecule has 0 saturated carbocycles. The Hall–Kier alpha value is -2.82. The molecule has 0 unspecified atom stereocenters. The number of sulfonamides is 1. The number of carbonyl (C=O) groups is 1. The van der Waals surface area contributed by atoms with Crippen molar-refractivity contribution in [2.45, 2.75) is 37.1 Å². The molecule has 1 amide bonds. The number of fused-ring (bicyclic) bond motifs is 1. The zero-order chi connectivity index (χ0) is 22.7. The van der Waals surface area contributed by atoms with Crippen LogP contribution in [0, 0.1) is 6.92 Å². The van der Waals surface area contributed by atoms with Gasteiger partial charge < -0.3 is 4.90 Å². The van der Waals surface area contributed by atoms with Gasteiger partial charge in [0.1, 0.15) is 0 Å². The van der Waals surface area contributed by atoms with Crippen LogP contribution in [0.3, 0.4) is 0 Å². The summed E-state index contributed by atoms with van der Waals surface area (Å²) in [7, 11) is -3.79. The van der Waals surface area contributed by atoms with Crippen molar-refractivity contribution in [1.29, 1.82) is 0 Å². The van der Waals surface area contributed by atoms with Crippen LogP contribution in [0.15, 0.2) is 52.9 Å². The predicted molar refractivity (Wildman–Crippen MR) is 126 cm³/mol. The van der Waals surface area contributed by atoms with Crippen LogP contribution in [0.25, 0.3) is 0 Å². The zero-order valence-corrected chi connectivity index (χ0v) is 19.5. The molecule has 2 heterocycles. The molecule has 10 heteroatoms. The number of aromatic nitrogens is 2. The predicted octanol–water partition coefficient (Wildman–Crippen LogP) is 3.22. The molecule has 0 fully saturated rings. The Bertz CT molecular complexity index is 1230. The minimum atomic E-state index is -3.79. The van der Waals surface area contributed by atoms with Crippen LogP contribution in [0.1, 0.15) is 34.8 Å². The van der Waals surface area contributed by atoms with E-state index in [9.17, 15) is 13.2 Å². The highest BCUT2D eigenvalue weighted by molar-refractivity contribution is 7.91. The summed E-state index contributed by atoms with van der Waals surface area (Å²) in [5.74, 6) is -0.359. The standard InChI is InChI=1S/C22H25N5O3S2/c1-15-7-5-9-18(13-15)20(28)24-21-25-26-22(31-21)32(29,30)23-11-6-12-27-16(2)14-17-8-3-4-10-19(17)27/h3-5,7-10,13,16,23H,6,11-12,14H2,1-2H3,(H,24,25,28)/t16-/m1/s1. The molecule has 8 nitrogen and oxygen atoms in total. The molecule has 4 rings (SSSR count). The first kappa shape index (κ1) is 22.4. The van der Waals surface area contributed by atoms with E-state index in [1.54, 1.807) is 18.2 Å². The van der Waals surface area contributed by atoms with Gasteiger partial charge in [-0.25, -0.2) is 13.1 Å². The molecule has 2 aromatic carbocycles. The highest BCUT2D eigenvalue weighted by Gasteiger charge is 2.25. The van der Waals surface area contributed by atoms with Gasteiger partial charge in [-0.15, -0.1) is 10.2 Å². The zero-order valence-electron chi connectivity index (χ0n) is 17.9. The number of rotatable bonds is 8. The van der Waals surface area contributed by atoms with E-state index in [-0.39, 0.29) is 21.9 Å². The monoisotopic (exact) mass is 471 g/mol. The molecule has 168 valence electrons. The number of hydrogen-bond donors (Lipinski definition) is 2. The second-order valence-electron chi connectivity index (χ2n) is 7.82. The quantitative estimate of drug-likeness (QED) is 0.386. The molecule has 1 aliphatic heterocycles. The van der Waals surface area contributed by atoms with Crippen LogP contribution >= 0.6 is 11.3 Å². The molecule has 0 saturated heterocycles. The fourth-order valence-electron chi connectivity index (χ4n) is 3.81. The molecule has 1 aromatic heterocycles. The minimum absolute atomic E-state index is 0.138. The fourth-order valence-corrected chi connectivity index (χ4v) is 5.82. The van der Waals surface area contributed by atoms with Crippen LogP contribution in [0.4, 0.5) is 10.8 Å². The first-order chi connectivity index (χ1) is 15.3. The first-order valence-corrected chi connectivity index (χ1v) is 12.7. The summed E-state index contributed by atoms with van der Waals surface area (Å²) in [4.78, 5) is 14.6. The molecule has 0 spiro atoms. The lowest BCUT2D eigenvalue weighted by Crippen LogP contribution is -2.33. The number of carbonyl (C=O) groups excluding carboxylic acids is 1. The van der Waals surface area contributed by atoms with Gasteiger partial charge in [0.25, 0.3) is 15.9 Å². The van der Waals surface area contributed by atoms with Crippen LogP contribution in [0.5, 0.6) is 0 Å². The van der Waals surface area contributed by atoms with Crippen LogP contribution in [-0.4, -0.2) is 43.7 Å². The Morgan fingerprint density at radius 1 is 1.19 bits per heavy atom. The summed E-state index contributed by atoms with van der Waals surface area (Å²) in [6.45, 7) is 5.12. The van der Waals surface area contributed by atoms with Gasteiger partial charge in [0, 0.05) is 30.4 Å². The molecule has 3 aromatic rings. The van der Waals surface area contributed by atoms with Gasteiger partial charge in [-0.2, -0.15) is 0 Å². The average molecular weight is 472 g/mol. The van der Waals surface area contributed by atoms with Crippen molar-refractivity contribution in [2.75, 3.05) is 23.3 Å². The number of hydrogen-bond acceptors (Lipinski definition) is 7. The van der Waals surface area contributed by atoms with Crippen molar-refractivity contribution in [3.8, 4) is 0 Å². The molecule has 0 radical (unpaired) electrons. The van der Waals surface area contributed by atoms with Gasteiger partial charge in [0.05, 0.1) is 0 Å². The van der Waals surface area contributed by atoms with Gasteiger partial charge in [-0.05, 0) is 50.5 Å². The Morgan fingerprint density at radius 2 is 2.00 bits per heavy atom. The Kier molecular flexibility index (Phi) is 6.54. The number of aryl methyl sites for hydroxylation is 1. The van der Waals surface area contributed by atoms with Crippen molar-refractivity contribution in [2.24, 2.45) is 0 Å². The maximum atomic E-state index is 12.6. The van der Waals surface area contributed by atoms with Crippen molar-refractivity contribution in [3.05, 3.63) is 65.2 Å². The summed E-state index contributed by atoms with van der Waals surface area (Å²) < 4.78 is 27.6. The summed E-state index contributed by atoms with van der Waals surface area (Å²) >= 11 is 0.826. The highest BCUT2D eigenvalue weighted by Crippen LogP contribution is 2.31. The normalized spacial score (nSPS) is 15.6. The van der Waals surface area contributed by atoms with Crippen LogP contribution in [0.2, 0.25) is 0 Å². The Morgan fingerprint density at radius 3 is 2.81 bits per heavy atom. The van der Waals surface area contributed by atoms with E-state index in [1.807, 2.05) is 25.1 Å². The van der Waals surface area contributed by atoms with E-state index >= 15 is 0 Å². The largest absolute Gasteiger partial charge is 0.368 e. The minimum Gasteiger partial charge on any atom is -0.368 e. The van der Waals surface area contributed by atoms with E-state index in [2.05, 4.69) is 44.2 Å². The highest BCUT2D eigenvalue weighted by atomic mass is 32.2. The Balaban J connectivity index is 1.31. The number of nitrogens with zero attached hydrogens (tertiary/aromatic N) is 3. The second-order valence-corrected chi connectivity index (χ2v) is 10.7. The van der Waals surface area contributed by atoms with E-state index in [4.69, 9.17) is 0 Å². The lowest BCUT2D eigenvalue weighted by Gasteiger charge is -2.24. The average Bonchev–Trinajstić information content (AvgIpc) is 3.36. The number of para-hydroxylation sites is 1. The summed E-state index contributed by atoms with van der Waals surface area (Å²) in [6, 6.07) is 15.8. The van der Waals surface area contributed by atoms with Gasteiger partial charge in [0.15, 0.2) is 0 Å². The van der Waals surface area contributed by atoms with Crippen molar-refractivity contribution in [1.82, 2.24) is 14.9 Å². The second kappa shape index (κ2) is 9.35. The Labute approximate surface area is 191 Å². The molecule has 0 bridgehead atoms. The lowest BCUT2D eigenvalue weighted by atomic mass is 10.1. The number of nitrogens with one attached hydrogen (secondary N) is 2.